The highest BCUT2D eigenvalue weighted by atomic mass is 16.6. The summed E-state index contributed by atoms with van der Waals surface area (Å²) in [7, 11) is 0. The Kier molecular flexibility index (Phi) is 2.45. The summed E-state index contributed by atoms with van der Waals surface area (Å²) in [6.45, 7) is 0.387. The topological polar surface area (TPSA) is 52.6 Å². The smallest absolute Gasteiger partial charge is 0.347 e. The first-order chi connectivity index (χ1) is 9.14. The summed E-state index contributed by atoms with van der Waals surface area (Å²) < 4.78 is 10.4. The van der Waals surface area contributed by atoms with Crippen molar-refractivity contribution in [2.24, 2.45) is 23.2 Å². The molecule has 104 valence electrons. The van der Waals surface area contributed by atoms with Gasteiger partial charge in [-0.15, -0.1) is 0 Å². The van der Waals surface area contributed by atoms with Gasteiger partial charge in [-0.1, -0.05) is 0 Å². The second-order valence-electron chi connectivity index (χ2n) is 7.05. The third-order valence-corrected chi connectivity index (χ3v) is 5.61. The van der Waals surface area contributed by atoms with Crippen molar-refractivity contribution in [1.29, 1.82) is 0 Å². The zero-order valence-electron chi connectivity index (χ0n) is 11.1. The third kappa shape index (κ3) is 1.79. The summed E-state index contributed by atoms with van der Waals surface area (Å²) in [5, 5.41) is 0. The molecule has 0 unspecified atom stereocenters. The van der Waals surface area contributed by atoms with Gasteiger partial charge in [-0.2, -0.15) is 0 Å². The van der Waals surface area contributed by atoms with Crippen molar-refractivity contribution in [1.82, 2.24) is 0 Å². The van der Waals surface area contributed by atoms with Gasteiger partial charge < -0.3 is 9.47 Å². The quantitative estimate of drug-likeness (QED) is 0.716. The molecule has 4 heteroatoms. The lowest BCUT2D eigenvalue weighted by molar-refractivity contribution is -0.180. The van der Waals surface area contributed by atoms with Gasteiger partial charge in [0.05, 0.1) is 12.0 Å². The van der Waals surface area contributed by atoms with Gasteiger partial charge >= 0.3 is 11.9 Å². The van der Waals surface area contributed by atoms with Crippen LogP contribution < -0.4 is 0 Å². The van der Waals surface area contributed by atoms with Crippen molar-refractivity contribution < 1.29 is 19.1 Å². The lowest BCUT2D eigenvalue weighted by Gasteiger charge is -2.55. The molecular formula is C15H20O4. The van der Waals surface area contributed by atoms with Crippen LogP contribution in [0, 0.1) is 23.2 Å². The van der Waals surface area contributed by atoms with E-state index in [2.05, 4.69) is 0 Å². The number of carbonyl (C=O) groups excluding carboxylic acids is 2. The van der Waals surface area contributed by atoms with Crippen LogP contribution in [0.25, 0.3) is 0 Å². The monoisotopic (exact) mass is 264 g/mol. The predicted molar refractivity (Wildman–Crippen MR) is 66.1 cm³/mol. The first kappa shape index (κ1) is 11.7. The molecule has 19 heavy (non-hydrogen) atoms. The van der Waals surface area contributed by atoms with Crippen LogP contribution in [0.5, 0.6) is 0 Å². The van der Waals surface area contributed by atoms with E-state index in [0.29, 0.717) is 30.8 Å². The molecule has 1 heterocycles. The van der Waals surface area contributed by atoms with Crippen LogP contribution in [0.4, 0.5) is 0 Å². The standard InChI is InChI=1S/C15H20O4/c16-13-12(1-2-18-13)19-14(17)15-6-9-3-10(7-15)5-11(4-9)8-15/h9-12H,1-8H2/t9?,10?,11?,12-,15?/m0/s1. The number of cyclic esters (lactones) is 1. The van der Waals surface area contributed by atoms with E-state index in [9.17, 15) is 9.59 Å². The van der Waals surface area contributed by atoms with Crippen LogP contribution in [0.2, 0.25) is 0 Å². The van der Waals surface area contributed by atoms with Crippen LogP contribution in [0.1, 0.15) is 44.9 Å². The minimum atomic E-state index is -0.638. The Hall–Kier alpha value is -1.06. The first-order valence-corrected chi connectivity index (χ1v) is 7.52. The zero-order chi connectivity index (χ0) is 13.0. The van der Waals surface area contributed by atoms with Gasteiger partial charge in [0.2, 0.25) is 6.10 Å². The zero-order valence-corrected chi connectivity index (χ0v) is 11.1. The Labute approximate surface area is 112 Å². The number of carbonyl (C=O) groups is 2. The predicted octanol–water partition coefficient (Wildman–Crippen LogP) is 2.06. The molecule has 4 nitrogen and oxygen atoms in total. The van der Waals surface area contributed by atoms with E-state index >= 15 is 0 Å². The van der Waals surface area contributed by atoms with Gasteiger partial charge in [0.25, 0.3) is 0 Å². The van der Waals surface area contributed by atoms with Gasteiger partial charge in [0.15, 0.2) is 0 Å². The number of rotatable bonds is 2. The first-order valence-electron chi connectivity index (χ1n) is 7.52. The molecule has 4 saturated carbocycles. The summed E-state index contributed by atoms with van der Waals surface area (Å²) in [5.74, 6) is 1.67. The van der Waals surface area contributed by atoms with Gasteiger partial charge in [-0.05, 0) is 56.3 Å². The molecule has 1 saturated heterocycles. The van der Waals surface area contributed by atoms with Crippen LogP contribution in [0.15, 0.2) is 0 Å². The lowest BCUT2D eigenvalue weighted by Crippen LogP contribution is -2.51. The molecule has 1 atom stereocenters. The van der Waals surface area contributed by atoms with E-state index in [-0.39, 0.29) is 17.4 Å². The van der Waals surface area contributed by atoms with E-state index in [1.165, 1.54) is 19.3 Å². The summed E-state index contributed by atoms with van der Waals surface area (Å²) >= 11 is 0. The van der Waals surface area contributed by atoms with Crippen LogP contribution in [-0.4, -0.2) is 24.6 Å². The van der Waals surface area contributed by atoms with Crippen LogP contribution in [-0.2, 0) is 19.1 Å². The van der Waals surface area contributed by atoms with Crippen molar-refractivity contribution in [2.45, 2.75) is 51.0 Å². The number of ether oxygens (including phenoxy) is 2. The maximum atomic E-state index is 12.6. The molecule has 0 aromatic heterocycles. The van der Waals surface area contributed by atoms with E-state index in [4.69, 9.17) is 9.47 Å². The van der Waals surface area contributed by atoms with Crippen molar-refractivity contribution in [3.05, 3.63) is 0 Å². The Morgan fingerprint density at radius 2 is 1.68 bits per heavy atom. The molecule has 0 spiro atoms. The highest BCUT2D eigenvalue weighted by Crippen LogP contribution is 2.60. The highest BCUT2D eigenvalue weighted by molar-refractivity contribution is 5.83. The fourth-order valence-corrected chi connectivity index (χ4v) is 5.20. The maximum absolute atomic E-state index is 12.6. The molecular weight excluding hydrogens is 244 g/mol. The Morgan fingerprint density at radius 1 is 1.11 bits per heavy atom. The Balaban J connectivity index is 1.51. The molecule has 4 aliphatic carbocycles. The molecule has 5 fully saturated rings. The summed E-state index contributed by atoms with van der Waals surface area (Å²) in [5.41, 5.74) is -0.266. The summed E-state index contributed by atoms with van der Waals surface area (Å²) in [6.07, 6.45) is 6.75. The summed E-state index contributed by atoms with van der Waals surface area (Å²) in [4.78, 5) is 24.0. The largest absolute Gasteiger partial charge is 0.463 e. The number of esters is 2. The Morgan fingerprint density at radius 3 is 2.16 bits per heavy atom. The van der Waals surface area contributed by atoms with E-state index in [1.54, 1.807) is 0 Å². The van der Waals surface area contributed by atoms with E-state index in [1.807, 2.05) is 0 Å². The van der Waals surface area contributed by atoms with Gasteiger partial charge in [-0.25, -0.2) is 4.79 Å². The van der Waals surface area contributed by atoms with Crippen molar-refractivity contribution >= 4 is 11.9 Å². The molecule has 0 amide bonds. The molecule has 1 aliphatic heterocycles. The van der Waals surface area contributed by atoms with Crippen molar-refractivity contribution in [3.8, 4) is 0 Å². The van der Waals surface area contributed by atoms with E-state index in [0.717, 1.165) is 19.3 Å². The third-order valence-electron chi connectivity index (χ3n) is 5.61. The summed E-state index contributed by atoms with van der Waals surface area (Å²) in [6, 6.07) is 0. The van der Waals surface area contributed by atoms with Crippen LogP contribution in [0.3, 0.4) is 0 Å². The van der Waals surface area contributed by atoms with Crippen LogP contribution >= 0.6 is 0 Å². The molecule has 5 aliphatic rings. The molecule has 0 N–H and O–H groups in total. The average molecular weight is 264 g/mol. The minimum absolute atomic E-state index is 0.115. The van der Waals surface area contributed by atoms with Crippen molar-refractivity contribution in [2.75, 3.05) is 6.61 Å². The minimum Gasteiger partial charge on any atom is -0.463 e. The second-order valence-corrected chi connectivity index (χ2v) is 7.05. The van der Waals surface area contributed by atoms with Crippen molar-refractivity contribution in [3.63, 3.8) is 0 Å². The van der Waals surface area contributed by atoms with Gasteiger partial charge in [-0.3, -0.25) is 4.79 Å². The maximum Gasteiger partial charge on any atom is 0.347 e. The fraction of sp³-hybridized carbons (Fsp3) is 0.867. The second kappa shape index (κ2) is 3.97. The lowest BCUT2D eigenvalue weighted by atomic mass is 9.49. The molecule has 0 aromatic carbocycles. The average Bonchev–Trinajstić information content (AvgIpc) is 2.73. The molecule has 0 aromatic rings. The highest BCUT2D eigenvalue weighted by Gasteiger charge is 2.56. The van der Waals surface area contributed by atoms with E-state index < -0.39 is 6.10 Å². The Bertz CT molecular complexity index is 393. The number of hydrogen-bond donors (Lipinski definition) is 0. The molecule has 5 rings (SSSR count). The molecule has 4 bridgehead atoms. The SMILES string of the molecule is O=C1OCC[C@@H]1OC(=O)C12CC3CC(CC(C3)C1)C2. The fourth-order valence-electron chi connectivity index (χ4n) is 5.20. The normalized spacial score (nSPS) is 47.3. The van der Waals surface area contributed by atoms with Gasteiger partial charge in [0.1, 0.15) is 0 Å². The number of hydrogen-bond acceptors (Lipinski definition) is 4. The van der Waals surface area contributed by atoms with Gasteiger partial charge in [0, 0.05) is 6.42 Å². The molecule has 0 radical (unpaired) electrons.